The molecule has 1 saturated heterocycles. The number of piperidine rings is 1. The summed E-state index contributed by atoms with van der Waals surface area (Å²) in [7, 11) is -3.76. The number of carboxylic acids is 1. The summed E-state index contributed by atoms with van der Waals surface area (Å²) in [6.07, 6.45) is 1.14. The van der Waals surface area contributed by atoms with Gasteiger partial charge in [-0.25, -0.2) is 13.2 Å². The average molecular weight is 319 g/mol. The van der Waals surface area contributed by atoms with Crippen LogP contribution in [0.4, 0.5) is 0 Å². The number of thiophene rings is 1. The molecule has 0 saturated carbocycles. The molecule has 0 bridgehead atoms. The quantitative estimate of drug-likeness (QED) is 0.875. The molecule has 1 aliphatic rings. The Bertz CT molecular complexity index is 632. The van der Waals surface area contributed by atoms with Crippen molar-refractivity contribution in [2.45, 2.75) is 37.2 Å². The molecule has 0 aromatic carbocycles. The van der Waals surface area contributed by atoms with Gasteiger partial charge in [0.05, 0.1) is 10.5 Å². The minimum atomic E-state index is -3.76. The van der Waals surface area contributed by atoms with Crippen molar-refractivity contribution in [3.05, 3.63) is 15.8 Å². The zero-order valence-corrected chi connectivity index (χ0v) is 12.9. The number of aryl methyl sites for hydroxylation is 1. The molecule has 2 N–H and O–H groups in total. The summed E-state index contributed by atoms with van der Waals surface area (Å²) < 4.78 is 26.4. The van der Waals surface area contributed by atoms with E-state index in [-0.39, 0.29) is 16.3 Å². The van der Waals surface area contributed by atoms with Gasteiger partial charge in [-0.3, -0.25) is 0 Å². The van der Waals surface area contributed by atoms with E-state index in [0.717, 1.165) is 11.3 Å². The monoisotopic (exact) mass is 319 g/mol. The predicted octanol–water partition coefficient (Wildman–Crippen LogP) is 1.29. The van der Waals surface area contributed by atoms with Crippen molar-refractivity contribution in [3.8, 4) is 0 Å². The third-order valence-electron chi connectivity index (χ3n) is 3.34. The fourth-order valence-corrected chi connectivity index (χ4v) is 5.34. The molecule has 0 spiro atoms. The van der Waals surface area contributed by atoms with E-state index in [4.69, 9.17) is 5.11 Å². The summed E-state index contributed by atoms with van der Waals surface area (Å²) in [4.78, 5) is 11.4. The first-order chi connectivity index (χ1) is 9.13. The van der Waals surface area contributed by atoms with E-state index >= 15 is 0 Å². The summed E-state index contributed by atoms with van der Waals surface area (Å²) in [5.41, 5.74) is -1.04. The fourth-order valence-electron chi connectivity index (χ4n) is 2.35. The van der Waals surface area contributed by atoms with Crippen LogP contribution in [-0.4, -0.2) is 47.6 Å². The smallest absolute Gasteiger partial charge is 0.345 e. The predicted molar refractivity (Wildman–Crippen MR) is 74.6 cm³/mol. The maximum Gasteiger partial charge on any atom is 0.345 e. The van der Waals surface area contributed by atoms with Gasteiger partial charge in [-0.05, 0) is 32.8 Å². The van der Waals surface area contributed by atoms with Crippen molar-refractivity contribution in [2.75, 3.05) is 13.1 Å². The number of β-amino-alcohol motifs (C(OH)–C–C–N with tert-alkyl or cyclic N) is 1. The van der Waals surface area contributed by atoms with Crippen LogP contribution in [0.15, 0.2) is 11.0 Å². The molecule has 1 fully saturated rings. The second kappa shape index (κ2) is 5.10. The average Bonchev–Trinajstić information content (AvgIpc) is 2.71. The standard InChI is InChI=1S/C12H17NO5S2/c1-8-10(6-9(19-8)11(14)15)20(17,18)13-5-3-4-12(2,16)7-13/h6,16H,3-5,7H2,1-2H3,(H,14,15). The topological polar surface area (TPSA) is 94.9 Å². The van der Waals surface area contributed by atoms with Gasteiger partial charge in [0.1, 0.15) is 4.88 Å². The number of rotatable bonds is 3. The summed E-state index contributed by atoms with van der Waals surface area (Å²) in [5, 5.41) is 19.0. The Hall–Kier alpha value is -0.960. The van der Waals surface area contributed by atoms with Crippen LogP contribution in [0.5, 0.6) is 0 Å². The lowest BCUT2D eigenvalue weighted by Gasteiger charge is -2.35. The van der Waals surface area contributed by atoms with Gasteiger partial charge in [-0.15, -0.1) is 11.3 Å². The molecular formula is C12H17NO5S2. The normalized spacial score (nSPS) is 24.8. The van der Waals surface area contributed by atoms with E-state index in [9.17, 15) is 18.3 Å². The number of hydrogen-bond donors (Lipinski definition) is 2. The van der Waals surface area contributed by atoms with E-state index < -0.39 is 21.6 Å². The van der Waals surface area contributed by atoms with E-state index in [1.807, 2.05) is 0 Å². The first-order valence-corrected chi connectivity index (χ1v) is 8.45. The molecule has 1 aromatic heterocycles. The van der Waals surface area contributed by atoms with Gasteiger partial charge in [-0.1, -0.05) is 0 Å². The number of nitrogens with zero attached hydrogens (tertiary/aromatic N) is 1. The Morgan fingerprint density at radius 2 is 2.15 bits per heavy atom. The maximum absolute atomic E-state index is 12.6. The highest BCUT2D eigenvalue weighted by Gasteiger charge is 2.37. The molecule has 2 heterocycles. The zero-order valence-electron chi connectivity index (χ0n) is 11.3. The molecule has 1 atom stereocenters. The van der Waals surface area contributed by atoms with Gasteiger partial charge in [0, 0.05) is 18.0 Å². The Labute approximate surface area is 121 Å². The molecule has 112 valence electrons. The summed E-state index contributed by atoms with van der Waals surface area (Å²) in [6, 6.07) is 1.20. The van der Waals surface area contributed by atoms with E-state index in [2.05, 4.69) is 0 Å². The number of aromatic carboxylic acids is 1. The second-order valence-corrected chi connectivity index (χ2v) is 8.44. The molecule has 1 aliphatic heterocycles. The van der Waals surface area contributed by atoms with Crippen molar-refractivity contribution in [3.63, 3.8) is 0 Å². The first-order valence-electron chi connectivity index (χ1n) is 6.20. The number of carbonyl (C=O) groups is 1. The van der Waals surface area contributed by atoms with Crippen molar-refractivity contribution < 1.29 is 23.4 Å². The molecular weight excluding hydrogens is 302 g/mol. The maximum atomic E-state index is 12.6. The fraction of sp³-hybridized carbons (Fsp3) is 0.583. The van der Waals surface area contributed by atoms with Crippen LogP contribution in [0.1, 0.15) is 34.3 Å². The zero-order chi connectivity index (χ0) is 15.1. The minimum Gasteiger partial charge on any atom is -0.477 e. The molecule has 0 amide bonds. The van der Waals surface area contributed by atoms with Gasteiger partial charge < -0.3 is 10.2 Å². The highest BCUT2D eigenvalue weighted by atomic mass is 32.2. The lowest BCUT2D eigenvalue weighted by atomic mass is 9.97. The SMILES string of the molecule is Cc1sc(C(=O)O)cc1S(=O)(=O)N1CCCC(C)(O)C1. The largest absolute Gasteiger partial charge is 0.477 e. The van der Waals surface area contributed by atoms with Crippen LogP contribution >= 0.6 is 11.3 Å². The van der Waals surface area contributed by atoms with Crippen LogP contribution in [-0.2, 0) is 10.0 Å². The van der Waals surface area contributed by atoms with Crippen LogP contribution in [0, 0.1) is 6.92 Å². The number of aliphatic hydroxyl groups is 1. The van der Waals surface area contributed by atoms with Crippen molar-refractivity contribution >= 4 is 27.3 Å². The number of carboxylic acid groups (broad SMARTS) is 1. The van der Waals surface area contributed by atoms with Crippen molar-refractivity contribution in [2.24, 2.45) is 0 Å². The minimum absolute atomic E-state index is 0.00449. The highest BCUT2D eigenvalue weighted by Crippen LogP contribution is 2.31. The molecule has 8 heteroatoms. The Morgan fingerprint density at radius 3 is 2.65 bits per heavy atom. The number of hydrogen-bond acceptors (Lipinski definition) is 5. The highest BCUT2D eigenvalue weighted by molar-refractivity contribution is 7.89. The van der Waals surface area contributed by atoms with Gasteiger partial charge in [-0.2, -0.15) is 4.31 Å². The molecule has 0 aliphatic carbocycles. The number of sulfonamides is 1. The van der Waals surface area contributed by atoms with E-state index in [0.29, 0.717) is 24.3 Å². The first kappa shape index (κ1) is 15.4. The van der Waals surface area contributed by atoms with Crippen LogP contribution in [0.25, 0.3) is 0 Å². The molecule has 1 unspecified atom stereocenters. The lowest BCUT2D eigenvalue weighted by Crippen LogP contribution is -2.48. The van der Waals surface area contributed by atoms with Crippen LogP contribution < -0.4 is 0 Å². The van der Waals surface area contributed by atoms with E-state index in [1.54, 1.807) is 13.8 Å². The van der Waals surface area contributed by atoms with Crippen molar-refractivity contribution in [1.29, 1.82) is 0 Å². The molecule has 2 rings (SSSR count). The van der Waals surface area contributed by atoms with Gasteiger partial charge in [0.2, 0.25) is 10.0 Å². The Kier molecular flexibility index (Phi) is 3.94. The molecule has 0 radical (unpaired) electrons. The third-order valence-corrected chi connectivity index (χ3v) is 6.48. The van der Waals surface area contributed by atoms with Gasteiger partial charge in [0.15, 0.2) is 0 Å². The van der Waals surface area contributed by atoms with Gasteiger partial charge in [0.25, 0.3) is 0 Å². The van der Waals surface area contributed by atoms with Crippen LogP contribution in [0.2, 0.25) is 0 Å². The third kappa shape index (κ3) is 2.88. The molecule has 6 nitrogen and oxygen atoms in total. The Morgan fingerprint density at radius 1 is 1.50 bits per heavy atom. The summed E-state index contributed by atoms with van der Waals surface area (Å²) in [6.45, 7) is 3.58. The lowest BCUT2D eigenvalue weighted by molar-refractivity contribution is 0.00938. The van der Waals surface area contributed by atoms with Crippen molar-refractivity contribution in [1.82, 2.24) is 4.31 Å². The van der Waals surface area contributed by atoms with Crippen LogP contribution in [0.3, 0.4) is 0 Å². The Balaban J connectivity index is 2.37. The molecule has 1 aromatic rings. The summed E-state index contributed by atoms with van der Waals surface area (Å²) in [5.74, 6) is -1.13. The summed E-state index contributed by atoms with van der Waals surface area (Å²) >= 11 is 0.945. The molecule has 20 heavy (non-hydrogen) atoms. The van der Waals surface area contributed by atoms with Gasteiger partial charge >= 0.3 is 5.97 Å². The van der Waals surface area contributed by atoms with E-state index in [1.165, 1.54) is 10.4 Å². The second-order valence-electron chi connectivity index (χ2n) is 5.28.